The second-order valence-corrected chi connectivity index (χ2v) is 10.5. The van der Waals surface area contributed by atoms with E-state index in [1.165, 1.54) is 0 Å². The van der Waals surface area contributed by atoms with Gasteiger partial charge in [-0.2, -0.15) is 0 Å². The fourth-order valence-electron chi connectivity index (χ4n) is 6.25. The second kappa shape index (κ2) is 9.50. The largest absolute Gasteiger partial charge is 0.396 e. The molecule has 5 atom stereocenters. The summed E-state index contributed by atoms with van der Waals surface area (Å²) in [6.45, 7) is 2.16. The summed E-state index contributed by atoms with van der Waals surface area (Å²) in [5.74, 6) is -2.38. The zero-order valence-electron chi connectivity index (χ0n) is 20.1. The van der Waals surface area contributed by atoms with Crippen molar-refractivity contribution in [3.8, 4) is 0 Å². The number of hydrogen-bond acceptors (Lipinski definition) is 5. The average Bonchev–Trinajstić information content (AvgIpc) is 3.42. The van der Waals surface area contributed by atoms with Crippen LogP contribution in [0.2, 0.25) is 5.02 Å². The summed E-state index contributed by atoms with van der Waals surface area (Å²) in [7, 11) is 0. The summed E-state index contributed by atoms with van der Waals surface area (Å²) in [5, 5.41) is 15.7. The van der Waals surface area contributed by atoms with E-state index >= 15 is 0 Å². The SMILES string of the molecule is C[C@]12CCC3(O1)C(C(=O)Nc1ccc(Cl)cc1)N(CCCCO)C(=O)[C@@H]3[C@H]2C(=O)Nc1ccccc1. The molecule has 0 aliphatic carbocycles. The van der Waals surface area contributed by atoms with Crippen LogP contribution in [0.25, 0.3) is 0 Å². The summed E-state index contributed by atoms with van der Waals surface area (Å²) in [6.07, 6.45) is 2.11. The Balaban J connectivity index is 1.48. The van der Waals surface area contributed by atoms with Gasteiger partial charge in [-0.1, -0.05) is 29.8 Å². The molecule has 8 nitrogen and oxygen atoms in total. The van der Waals surface area contributed by atoms with E-state index in [1.54, 1.807) is 41.3 Å². The highest BCUT2D eigenvalue weighted by Crippen LogP contribution is 2.63. The van der Waals surface area contributed by atoms with Crippen molar-refractivity contribution in [2.45, 2.75) is 49.9 Å². The number of carbonyl (C=O) groups is 3. The second-order valence-electron chi connectivity index (χ2n) is 10.0. The van der Waals surface area contributed by atoms with Crippen molar-refractivity contribution in [1.29, 1.82) is 0 Å². The number of unbranched alkanes of at least 4 members (excludes halogenated alkanes) is 1. The van der Waals surface area contributed by atoms with Crippen LogP contribution in [0.3, 0.4) is 0 Å². The third-order valence-electron chi connectivity index (χ3n) is 7.77. The fraction of sp³-hybridized carbons (Fsp3) is 0.444. The molecule has 2 bridgehead atoms. The van der Waals surface area contributed by atoms with E-state index in [-0.39, 0.29) is 24.3 Å². The van der Waals surface area contributed by atoms with Gasteiger partial charge in [-0.25, -0.2) is 0 Å². The van der Waals surface area contributed by atoms with Gasteiger partial charge in [0.15, 0.2) is 0 Å². The number of aliphatic hydroxyl groups is 1. The molecule has 3 aliphatic rings. The van der Waals surface area contributed by atoms with Crippen molar-refractivity contribution in [1.82, 2.24) is 4.90 Å². The van der Waals surface area contributed by atoms with Crippen LogP contribution >= 0.6 is 11.6 Å². The van der Waals surface area contributed by atoms with Crippen LogP contribution in [-0.4, -0.2) is 58.1 Å². The van der Waals surface area contributed by atoms with Gasteiger partial charge in [0.1, 0.15) is 11.6 Å². The number of aliphatic hydroxyl groups excluding tert-OH is 1. The summed E-state index contributed by atoms with van der Waals surface area (Å²) >= 11 is 5.99. The van der Waals surface area contributed by atoms with E-state index in [0.29, 0.717) is 48.6 Å². The van der Waals surface area contributed by atoms with E-state index in [1.807, 2.05) is 25.1 Å². The maximum Gasteiger partial charge on any atom is 0.250 e. The number of likely N-dealkylation sites (tertiary alicyclic amines) is 1. The Morgan fingerprint density at radius 1 is 1.03 bits per heavy atom. The Labute approximate surface area is 215 Å². The number of halogens is 1. The number of nitrogens with zero attached hydrogens (tertiary/aromatic N) is 1. The maximum atomic E-state index is 13.9. The average molecular weight is 512 g/mol. The topological polar surface area (TPSA) is 108 Å². The lowest BCUT2D eigenvalue weighted by Gasteiger charge is -2.33. The molecule has 2 aromatic rings. The first kappa shape index (κ1) is 24.7. The lowest BCUT2D eigenvalue weighted by molar-refractivity contribution is -0.143. The molecule has 5 rings (SSSR count). The molecular formula is C27H30ClN3O5. The quantitative estimate of drug-likeness (QED) is 0.470. The highest BCUT2D eigenvalue weighted by atomic mass is 35.5. The minimum atomic E-state index is -1.10. The molecular weight excluding hydrogens is 482 g/mol. The molecule has 3 heterocycles. The van der Waals surface area contributed by atoms with Crippen LogP contribution in [0.1, 0.15) is 32.6 Å². The predicted molar refractivity (Wildman–Crippen MR) is 135 cm³/mol. The minimum Gasteiger partial charge on any atom is -0.396 e. The fourth-order valence-corrected chi connectivity index (χ4v) is 6.37. The molecule has 1 spiro atoms. The van der Waals surface area contributed by atoms with E-state index in [2.05, 4.69) is 10.6 Å². The summed E-state index contributed by atoms with van der Waals surface area (Å²) in [6, 6.07) is 15.0. The molecule has 2 unspecified atom stereocenters. The highest BCUT2D eigenvalue weighted by molar-refractivity contribution is 6.30. The molecule has 0 radical (unpaired) electrons. The van der Waals surface area contributed by atoms with Crippen LogP contribution in [0.15, 0.2) is 54.6 Å². The number of nitrogens with one attached hydrogen (secondary N) is 2. The number of benzene rings is 2. The number of ether oxygens (including phenoxy) is 1. The van der Waals surface area contributed by atoms with Gasteiger partial charge in [0.25, 0.3) is 0 Å². The van der Waals surface area contributed by atoms with Crippen LogP contribution < -0.4 is 10.6 Å². The van der Waals surface area contributed by atoms with Crippen molar-refractivity contribution in [3.63, 3.8) is 0 Å². The molecule has 36 heavy (non-hydrogen) atoms. The van der Waals surface area contributed by atoms with Crippen molar-refractivity contribution in [3.05, 3.63) is 59.6 Å². The number of rotatable bonds is 8. The summed E-state index contributed by atoms with van der Waals surface area (Å²) in [4.78, 5) is 42.7. The summed E-state index contributed by atoms with van der Waals surface area (Å²) < 4.78 is 6.59. The highest BCUT2D eigenvalue weighted by Gasteiger charge is 2.77. The Morgan fingerprint density at radius 3 is 2.39 bits per heavy atom. The van der Waals surface area contributed by atoms with Crippen molar-refractivity contribution in [2.24, 2.45) is 11.8 Å². The zero-order chi connectivity index (χ0) is 25.5. The van der Waals surface area contributed by atoms with Gasteiger partial charge >= 0.3 is 0 Å². The van der Waals surface area contributed by atoms with Crippen LogP contribution in [0.5, 0.6) is 0 Å². The van der Waals surface area contributed by atoms with E-state index < -0.39 is 29.1 Å². The summed E-state index contributed by atoms with van der Waals surface area (Å²) in [5.41, 5.74) is -0.746. The first-order chi connectivity index (χ1) is 17.3. The smallest absolute Gasteiger partial charge is 0.250 e. The minimum absolute atomic E-state index is 0.00504. The first-order valence-electron chi connectivity index (χ1n) is 12.3. The molecule has 9 heteroatoms. The van der Waals surface area contributed by atoms with E-state index in [4.69, 9.17) is 16.3 Å². The van der Waals surface area contributed by atoms with Gasteiger partial charge in [0.2, 0.25) is 17.7 Å². The third kappa shape index (κ3) is 4.07. The number of hydrogen-bond donors (Lipinski definition) is 3. The Bertz CT molecular complexity index is 1160. The first-order valence-corrected chi connectivity index (χ1v) is 12.7. The maximum absolute atomic E-state index is 13.9. The van der Waals surface area contributed by atoms with Gasteiger partial charge in [0, 0.05) is 29.5 Å². The van der Waals surface area contributed by atoms with Crippen molar-refractivity contribution in [2.75, 3.05) is 23.8 Å². The number of amides is 3. The zero-order valence-corrected chi connectivity index (χ0v) is 20.8. The molecule has 3 N–H and O–H groups in total. The molecule has 0 saturated carbocycles. The number of fused-ring (bicyclic) bond motifs is 1. The Morgan fingerprint density at radius 2 is 1.69 bits per heavy atom. The normalized spacial score (nSPS) is 30.4. The number of carbonyl (C=O) groups excluding carboxylic acids is 3. The van der Waals surface area contributed by atoms with Gasteiger partial charge < -0.3 is 25.4 Å². The monoisotopic (exact) mass is 511 g/mol. The molecule has 3 amide bonds. The van der Waals surface area contributed by atoms with Gasteiger partial charge in [-0.3, -0.25) is 14.4 Å². The van der Waals surface area contributed by atoms with Crippen LogP contribution in [-0.2, 0) is 19.1 Å². The number of anilines is 2. The van der Waals surface area contributed by atoms with Crippen molar-refractivity contribution >= 4 is 40.7 Å². The standard InChI is InChI=1S/C27H30ClN3O5/c1-26-13-14-27(36-26)21(20(26)23(33)29-18-7-3-2-4-8-18)25(35)31(15-5-6-16-32)22(27)24(34)30-19-11-9-17(28)10-12-19/h2-4,7-12,20-22,32H,5-6,13-16H2,1H3,(H,29,33)(H,30,34)/t20-,21-,22?,26+,27?/m0/s1. The molecule has 0 aromatic heterocycles. The molecule has 190 valence electrons. The lowest BCUT2D eigenvalue weighted by Crippen LogP contribution is -2.53. The molecule has 2 aromatic carbocycles. The lowest BCUT2D eigenvalue weighted by atomic mass is 9.66. The van der Waals surface area contributed by atoms with Crippen LogP contribution in [0, 0.1) is 11.8 Å². The molecule has 3 saturated heterocycles. The van der Waals surface area contributed by atoms with Crippen molar-refractivity contribution < 1.29 is 24.2 Å². The Hall–Kier alpha value is -2.94. The molecule has 3 fully saturated rings. The number of para-hydroxylation sites is 1. The van der Waals surface area contributed by atoms with Gasteiger partial charge in [0.05, 0.1) is 17.4 Å². The predicted octanol–water partition coefficient (Wildman–Crippen LogP) is 3.45. The van der Waals surface area contributed by atoms with Crippen LogP contribution in [0.4, 0.5) is 11.4 Å². The van der Waals surface area contributed by atoms with Gasteiger partial charge in [-0.05, 0) is 69.0 Å². The van der Waals surface area contributed by atoms with E-state index in [0.717, 1.165) is 0 Å². The van der Waals surface area contributed by atoms with E-state index in [9.17, 15) is 19.5 Å². The van der Waals surface area contributed by atoms with Gasteiger partial charge in [-0.15, -0.1) is 0 Å². The Kier molecular flexibility index (Phi) is 6.53. The third-order valence-corrected chi connectivity index (χ3v) is 8.02. The molecule has 3 aliphatic heterocycles.